The van der Waals surface area contributed by atoms with E-state index in [0.717, 1.165) is 45.2 Å². The molecule has 1 aliphatic rings. The summed E-state index contributed by atoms with van der Waals surface area (Å²) in [7, 11) is -2.78. The van der Waals surface area contributed by atoms with Crippen molar-refractivity contribution in [2.45, 2.75) is 45.1 Å². The van der Waals surface area contributed by atoms with Crippen molar-refractivity contribution in [3.63, 3.8) is 0 Å². The van der Waals surface area contributed by atoms with Crippen molar-refractivity contribution in [3.8, 4) is 0 Å². The van der Waals surface area contributed by atoms with Crippen molar-refractivity contribution in [1.82, 2.24) is 4.90 Å². The fourth-order valence-electron chi connectivity index (χ4n) is 3.03. The number of rotatable bonds is 8. The minimum Gasteiger partial charge on any atom is -0.299 e. The van der Waals surface area contributed by atoms with Crippen LogP contribution in [0.4, 0.5) is 0 Å². The molecule has 2 rings (SSSR count). The van der Waals surface area contributed by atoms with Gasteiger partial charge >= 0.3 is 0 Å². The maximum absolute atomic E-state index is 11.7. The van der Waals surface area contributed by atoms with Crippen LogP contribution in [0.25, 0.3) is 0 Å². The first kappa shape index (κ1) is 16.5. The predicted molar refractivity (Wildman–Crippen MR) is 88.3 cm³/mol. The summed E-state index contributed by atoms with van der Waals surface area (Å²) >= 11 is 0. The highest BCUT2D eigenvalue weighted by Crippen LogP contribution is 2.19. The zero-order chi connectivity index (χ0) is 15.1. The second-order valence-electron chi connectivity index (χ2n) is 6.04. The van der Waals surface area contributed by atoms with Gasteiger partial charge in [-0.25, -0.2) is 8.42 Å². The van der Waals surface area contributed by atoms with Gasteiger partial charge in [0.05, 0.1) is 11.5 Å². The number of aryl methyl sites for hydroxylation is 1. The Morgan fingerprint density at radius 2 is 1.86 bits per heavy atom. The summed E-state index contributed by atoms with van der Waals surface area (Å²) in [6, 6.07) is 10.8. The molecule has 1 atom stereocenters. The largest absolute Gasteiger partial charge is 0.299 e. The highest BCUT2D eigenvalue weighted by atomic mass is 32.2. The Labute approximate surface area is 129 Å². The van der Waals surface area contributed by atoms with Crippen molar-refractivity contribution in [2.24, 2.45) is 0 Å². The molecule has 1 unspecified atom stereocenters. The molecule has 21 heavy (non-hydrogen) atoms. The number of sulfone groups is 1. The third-order valence-electron chi connectivity index (χ3n) is 4.28. The first-order chi connectivity index (χ1) is 10.1. The smallest absolute Gasteiger partial charge is 0.151 e. The molecular formula is C17H27NO2S. The summed E-state index contributed by atoms with van der Waals surface area (Å²) in [6.45, 7) is 4.23. The fraction of sp³-hybridized carbons (Fsp3) is 0.647. The van der Waals surface area contributed by atoms with Gasteiger partial charge in [-0.3, -0.25) is 4.90 Å². The first-order valence-electron chi connectivity index (χ1n) is 8.09. The summed E-state index contributed by atoms with van der Waals surface area (Å²) in [4.78, 5) is 2.41. The highest BCUT2D eigenvalue weighted by Gasteiger charge is 2.31. The molecule has 1 aromatic carbocycles. The van der Waals surface area contributed by atoms with Crippen LogP contribution in [0.15, 0.2) is 30.3 Å². The topological polar surface area (TPSA) is 37.4 Å². The van der Waals surface area contributed by atoms with Crippen molar-refractivity contribution in [3.05, 3.63) is 35.9 Å². The summed E-state index contributed by atoms with van der Waals surface area (Å²) in [5.74, 6) is 0.737. The van der Waals surface area contributed by atoms with E-state index >= 15 is 0 Å². The van der Waals surface area contributed by atoms with Gasteiger partial charge in [0.2, 0.25) is 0 Å². The lowest BCUT2D eigenvalue weighted by Crippen LogP contribution is -2.37. The molecule has 0 saturated carbocycles. The van der Waals surface area contributed by atoms with Gasteiger partial charge in [-0.2, -0.15) is 0 Å². The van der Waals surface area contributed by atoms with E-state index < -0.39 is 9.84 Å². The van der Waals surface area contributed by atoms with E-state index in [2.05, 4.69) is 36.1 Å². The van der Waals surface area contributed by atoms with E-state index in [1.165, 1.54) is 5.56 Å². The molecule has 0 radical (unpaired) electrons. The second-order valence-corrected chi connectivity index (χ2v) is 8.26. The second kappa shape index (κ2) is 7.95. The standard InChI is InChI=1S/C17H27NO2S/c1-2-3-12-18(17-11-14-21(19,20)15-17)13-7-10-16-8-5-4-6-9-16/h4-6,8-9,17H,2-3,7,10-15H2,1H3. The summed E-state index contributed by atoms with van der Waals surface area (Å²) in [5, 5.41) is 0. The van der Waals surface area contributed by atoms with E-state index in [4.69, 9.17) is 0 Å². The molecule has 1 heterocycles. The molecule has 0 amide bonds. The predicted octanol–water partition coefficient (Wildman–Crippen LogP) is 2.91. The van der Waals surface area contributed by atoms with Crippen LogP contribution in [0.1, 0.15) is 38.2 Å². The van der Waals surface area contributed by atoms with Gasteiger partial charge in [-0.15, -0.1) is 0 Å². The summed E-state index contributed by atoms with van der Waals surface area (Å²) < 4.78 is 23.4. The van der Waals surface area contributed by atoms with Crippen LogP contribution in [0, 0.1) is 0 Å². The number of benzene rings is 1. The van der Waals surface area contributed by atoms with Crippen LogP contribution >= 0.6 is 0 Å². The maximum atomic E-state index is 11.7. The molecule has 0 spiro atoms. The number of unbranched alkanes of at least 4 members (excludes halogenated alkanes) is 1. The molecule has 1 aliphatic heterocycles. The third-order valence-corrected chi connectivity index (χ3v) is 6.03. The zero-order valence-corrected chi connectivity index (χ0v) is 13.8. The van der Waals surface area contributed by atoms with Crippen molar-refractivity contribution >= 4 is 9.84 Å². The molecule has 1 saturated heterocycles. The molecule has 0 N–H and O–H groups in total. The fourth-order valence-corrected chi connectivity index (χ4v) is 4.79. The number of hydrogen-bond acceptors (Lipinski definition) is 3. The third kappa shape index (κ3) is 5.44. The lowest BCUT2D eigenvalue weighted by molar-refractivity contribution is 0.207. The van der Waals surface area contributed by atoms with Crippen molar-refractivity contribution in [2.75, 3.05) is 24.6 Å². The van der Waals surface area contributed by atoms with Crippen LogP contribution < -0.4 is 0 Å². The van der Waals surface area contributed by atoms with Gasteiger partial charge in [-0.05, 0) is 44.3 Å². The lowest BCUT2D eigenvalue weighted by atomic mass is 10.1. The van der Waals surface area contributed by atoms with Crippen molar-refractivity contribution < 1.29 is 8.42 Å². The average molecular weight is 309 g/mol. The van der Waals surface area contributed by atoms with Gasteiger partial charge in [0.1, 0.15) is 0 Å². The van der Waals surface area contributed by atoms with Crippen LogP contribution in [0.3, 0.4) is 0 Å². The SMILES string of the molecule is CCCCN(CCCc1ccccc1)C1CCS(=O)(=O)C1. The molecule has 0 aliphatic carbocycles. The van der Waals surface area contributed by atoms with Crippen LogP contribution in [-0.2, 0) is 16.3 Å². The molecule has 4 heteroatoms. The zero-order valence-electron chi connectivity index (χ0n) is 13.0. The van der Waals surface area contributed by atoms with Gasteiger partial charge in [0.25, 0.3) is 0 Å². The van der Waals surface area contributed by atoms with Gasteiger partial charge in [0, 0.05) is 6.04 Å². The first-order valence-corrected chi connectivity index (χ1v) is 9.91. The Bertz CT molecular complexity index is 513. The van der Waals surface area contributed by atoms with Gasteiger partial charge in [-0.1, -0.05) is 43.7 Å². The Balaban J connectivity index is 1.85. The van der Waals surface area contributed by atoms with Gasteiger partial charge in [0.15, 0.2) is 9.84 Å². The van der Waals surface area contributed by atoms with E-state index in [9.17, 15) is 8.42 Å². The van der Waals surface area contributed by atoms with E-state index in [1.807, 2.05) is 6.07 Å². The Hall–Kier alpha value is -0.870. The average Bonchev–Trinajstić information content (AvgIpc) is 2.84. The molecule has 1 aromatic rings. The minimum absolute atomic E-state index is 0.248. The monoisotopic (exact) mass is 309 g/mol. The van der Waals surface area contributed by atoms with E-state index in [0.29, 0.717) is 11.5 Å². The summed E-state index contributed by atoms with van der Waals surface area (Å²) in [6.07, 6.45) is 5.31. The van der Waals surface area contributed by atoms with Crippen LogP contribution in [-0.4, -0.2) is 44.0 Å². The van der Waals surface area contributed by atoms with Crippen LogP contribution in [0.2, 0.25) is 0 Å². The number of nitrogens with zero attached hydrogens (tertiary/aromatic N) is 1. The Kier molecular flexibility index (Phi) is 6.24. The van der Waals surface area contributed by atoms with E-state index in [-0.39, 0.29) is 6.04 Å². The van der Waals surface area contributed by atoms with E-state index in [1.54, 1.807) is 0 Å². The molecule has 0 bridgehead atoms. The minimum atomic E-state index is -2.78. The quantitative estimate of drug-likeness (QED) is 0.741. The summed E-state index contributed by atoms with van der Waals surface area (Å²) in [5.41, 5.74) is 1.37. The molecular weight excluding hydrogens is 282 g/mol. The normalized spacial score (nSPS) is 21.0. The van der Waals surface area contributed by atoms with Crippen molar-refractivity contribution in [1.29, 1.82) is 0 Å². The Morgan fingerprint density at radius 3 is 2.48 bits per heavy atom. The molecule has 3 nitrogen and oxygen atoms in total. The highest BCUT2D eigenvalue weighted by molar-refractivity contribution is 7.91. The molecule has 1 fully saturated rings. The van der Waals surface area contributed by atoms with Gasteiger partial charge < -0.3 is 0 Å². The molecule has 0 aromatic heterocycles. The Morgan fingerprint density at radius 1 is 1.14 bits per heavy atom. The number of hydrogen-bond donors (Lipinski definition) is 0. The molecule has 118 valence electrons. The lowest BCUT2D eigenvalue weighted by Gasteiger charge is -2.28. The van der Waals surface area contributed by atoms with Crippen LogP contribution in [0.5, 0.6) is 0 Å². The maximum Gasteiger partial charge on any atom is 0.151 e.